The Bertz CT molecular complexity index is 711. The van der Waals surface area contributed by atoms with Gasteiger partial charge in [-0.3, -0.25) is 4.79 Å². The van der Waals surface area contributed by atoms with E-state index in [0.717, 1.165) is 15.6 Å². The number of aromatic nitrogens is 1. The van der Waals surface area contributed by atoms with E-state index in [-0.39, 0.29) is 11.9 Å². The van der Waals surface area contributed by atoms with Crippen molar-refractivity contribution in [3.63, 3.8) is 0 Å². The summed E-state index contributed by atoms with van der Waals surface area (Å²) in [6.45, 7) is 4.52. The predicted molar refractivity (Wildman–Crippen MR) is 93.2 cm³/mol. The van der Waals surface area contributed by atoms with E-state index in [9.17, 15) is 18.0 Å². The number of halogens is 3. The minimum Gasteiger partial charge on any atom is -0.475 e. The monoisotopic (exact) mass is 409 g/mol. The Morgan fingerprint density at radius 2 is 1.96 bits per heavy atom. The number of nitrogens with zero attached hydrogens (tertiary/aromatic N) is 1. The van der Waals surface area contributed by atoms with Crippen LogP contribution in [0.2, 0.25) is 0 Å². The second kappa shape index (κ2) is 9.64. The van der Waals surface area contributed by atoms with E-state index in [1.54, 1.807) is 29.7 Å². The Balaban J connectivity index is 0.000000412. The van der Waals surface area contributed by atoms with Gasteiger partial charge in [0, 0.05) is 9.75 Å². The minimum atomic E-state index is -5.08. The molecule has 0 aliphatic heterocycles. The topological polar surface area (TPSA) is 91.3 Å². The molecule has 2 aromatic heterocycles. The summed E-state index contributed by atoms with van der Waals surface area (Å²) >= 11 is 3.21. The fourth-order valence-corrected chi connectivity index (χ4v) is 3.44. The first kappa shape index (κ1) is 22.1. The molecule has 0 aromatic carbocycles. The average molecular weight is 409 g/mol. The number of hydrogen-bond acceptors (Lipinski definition) is 6. The molecule has 0 saturated carbocycles. The molecule has 2 rings (SSSR count). The Morgan fingerprint density at radius 3 is 2.35 bits per heavy atom. The van der Waals surface area contributed by atoms with Crippen molar-refractivity contribution in [1.82, 2.24) is 15.6 Å². The normalized spacial score (nSPS) is 12.1. The SMILES string of the molecule is CNC(C(=O)NCc1nc(C)c(C)s1)c1cccs1.O=C(O)C(F)(F)F. The second-order valence-electron chi connectivity index (χ2n) is 5.01. The van der Waals surface area contributed by atoms with Gasteiger partial charge in [0.25, 0.3) is 0 Å². The molecular weight excluding hydrogens is 391 g/mol. The van der Waals surface area contributed by atoms with Crippen molar-refractivity contribution < 1.29 is 27.9 Å². The summed E-state index contributed by atoms with van der Waals surface area (Å²) in [5.41, 5.74) is 1.04. The molecule has 2 heterocycles. The van der Waals surface area contributed by atoms with Crippen LogP contribution in [0.5, 0.6) is 0 Å². The molecule has 0 aliphatic carbocycles. The maximum absolute atomic E-state index is 12.1. The lowest BCUT2D eigenvalue weighted by atomic mass is 10.2. The molecular formula is C15H18F3N3O3S2. The molecule has 11 heteroatoms. The molecule has 2 aromatic rings. The molecule has 0 saturated heterocycles. The third-order valence-corrected chi connectivity index (χ3v) is 5.12. The summed E-state index contributed by atoms with van der Waals surface area (Å²) in [5, 5.41) is 16.0. The molecule has 0 spiro atoms. The number of thiophene rings is 1. The van der Waals surface area contributed by atoms with E-state index in [1.165, 1.54) is 4.88 Å². The van der Waals surface area contributed by atoms with E-state index >= 15 is 0 Å². The highest BCUT2D eigenvalue weighted by Gasteiger charge is 2.38. The molecule has 0 radical (unpaired) electrons. The standard InChI is InChI=1S/C13H17N3OS2.C2HF3O2/c1-8-9(2)19-11(16-8)7-15-13(17)12(14-3)10-5-4-6-18-10;3-2(4,5)1(6)7/h4-6,12,14H,7H2,1-3H3,(H,15,17);(H,6,7). The van der Waals surface area contributed by atoms with Crippen molar-refractivity contribution in [2.24, 2.45) is 0 Å². The van der Waals surface area contributed by atoms with Gasteiger partial charge in [-0.2, -0.15) is 13.2 Å². The highest BCUT2D eigenvalue weighted by molar-refractivity contribution is 7.11. The first-order valence-corrected chi connectivity index (χ1v) is 8.97. The number of carboxylic acids is 1. The van der Waals surface area contributed by atoms with Gasteiger partial charge >= 0.3 is 12.1 Å². The van der Waals surface area contributed by atoms with Gasteiger partial charge in [0.15, 0.2) is 0 Å². The predicted octanol–water partition coefficient (Wildman–Crippen LogP) is 3.03. The molecule has 1 atom stereocenters. The van der Waals surface area contributed by atoms with Gasteiger partial charge < -0.3 is 15.7 Å². The highest BCUT2D eigenvalue weighted by Crippen LogP contribution is 2.20. The third-order valence-electron chi connectivity index (χ3n) is 3.11. The van der Waals surface area contributed by atoms with Crippen LogP contribution in [0, 0.1) is 13.8 Å². The highest BCUT2D eigenvalue weighted by atomic mass is 32.1. The van der Waals surface area contributed by atoms with Crippen LogP contribution in [-0.2, 0) is 16.1 Å². The Kier molecular flexibility index (Phi) is 8.18. The van der Waals surface area contributed by atoms with Crippen LogP contribution in [0.1, 0.15) is 26.5 Å². The van der Waals surface area contributed by atoms with E-state index in [2.05, 4.69) is 15.6 Å². The van der Waals surface area contributed by atoms with Crippen LogP contribution in [0.4, 0.5) is 13.2 Å². The molecule has 0 bridgehead atoms. The van der Waals surface area contributed by atoms with Gasteiger partial charge in [0.2, 0.25) is 5.91 Å². The molecule has 3 N–H and O–H groups in total. The van der Waals surface area contributed by atoms with Crippen LogP contribution in [0.15, 0.2) is 17.5 Å². The van der Waals surface area contributed by atoms with E-state index in [4.69, 9.17) is 9.90 Å². The zero-order valence-corrected chi connectivity index (χ0v) is 15.8. The average Bonchev–Trinajstić information content (AvgIpc) is 3.17. The zero-order chi connectivity index (χ0) is 19.9. The van der Waals surface area contributed by atoms with Crippen LogP contribution in [-0.4, -0.2) is 35.2 Å². The van der Waals surface area contributed by atoms with E-state index in [1.807, 2.05) is 31.4 Å². The summed E-state index contributed by atoms with van der Waals surface area (Å²) < 4.78 is 31.7. The van der Waals surface area contributed by atoms with E-state index < -0.39 is 12.1 Å². The lowest BCUT2D eigenvalue weighted by Gasteiger charge is -2.13. The minimum absolute atomic E-state index is 0.0181. The maximum Gasteiger partial charge on any atom is 0.490 e. The maximum atomic E-state index is 12.1. The van der Waals surface area contributed by atoms with Crippen LogP contribution in [0.3, 0.4) is 0 Å². The number of thiazole rings is 1. The number of aliphatic carboxylic acids is 1. The summed E-state index contributed by atoms with van der Waals surface area (Å²) in [6.07, 6.45) is -5.08. The number of alkyl halides is 3. The van der Waals surface area contributed by atoms with Gasteiger partial charge in [-0.1, -0.05) is 6.07 Å². The van der Waals surface area contributed by atoms with Gasteiger partial charge in [-0.15, -0.1) is 22.7 Å². The Morgan fingerprint density at radius 1 is 1.35 bits per heavy atom. The van der Waals surface area contributed by atoms with Crippen LogP contribution >= 0.6 is 22.7 Å². The molecule has 26 heavy (non-hydrogen) atoms. The van der Waals surface area contributed by atoms with Crippen molar-refractivity contribution in [3.8, 4) is 0 Å². The molecule has 0 fully saturated rings. The van der Waals surface area contributed by atoms with Gasteiger partial charge in [0.1, 0.15) is 11.0 Å². The van der Waals surface area contributed by atoms with Crippen molar-refractivity contribution in [2.75, 3.05) is 7.05 Å². The largest absolute Gasteiger partial charge is 0.490 e. The first-order chi connectivity index (χ1) is 12.1. The number of carbonyl (C=O) groups is 2. The van der Waals surface area contributed by atoms with Gasteiger partial charge in [-0.25, -0.2) is 9.78 Å². The fraction of sp³-hybridized carbons (Fsp3) is 0.400. The summed E-state index contributed by atoms with van der Waals surface area (Å²) in [7, 11) is 1.79. The lowest BCUT2D eigenvalue weighted by Crippen LogP contribution is -2.35. The summed E-state index contributed by atoms with van der Waals surface area (Å²) in [6, 6.07) is 3.62. The Labute approximate surface area is 156 Å². The number of carbonyl (C=O) groups excluding carboxylic acids is 1. The number of carboxylic acid groups (broad SMARTS) is 1. The van der Waals surface area contributed by atoms with Crippen LogP contribution < -0.4 is 10.6 Å². The third kappa shape index (κ3) is 6.73. The zero-order valence-electron chi connectivity index (χ0n) is 14.2. The number of aryl methyl sites for hydroxylation is 2. The number of hydrogen-bond donors (Lipinski definition) is 3. The number of rotatable bonds is 5. The quantitative estimate of drug-likeness (QED) is 0.706. The first-order valence-electron chi connectivity index (χ1n) is 7.27. The van der Waals surface area contributed by atoms with Gasteiger partial charge in [-0.05, 0) is 32.3 Å². The smallest absolute Gasteiger partial charge is 0.475 e. The molecule has 6 nitrogen and oxygen atoms in total. The van der Waals surface area contributed by atoms with Crippen molar-refractivity contribution in [3.05, 3.63) is 38.0 Å². The Hall–Kier alpha value is -1.98. The van der Waals surface area contributed by atoms with Crippen molar-refractivity contribution in [2.45, 2.75) is 32.6 Å². The van der Waals surface area contributed by atoms with E-state index in [0.29, 0.717) is 6.54 Å². The fourth-order valence-electron chi connectivity index (χ4n) is 1.74. The molecule has 1 amide bonds. The lowest BCUT2D eigenvalue weighted by molar-refractivity contribution is -0.192. The van der Waals surface area contributed by atoms with Crippen molar-refractivity contribution >= 4 is 34.6 Å². The number of amides is 1. The second-order valence-corrected chi connectivity index (χ2v) is 7.27. The van der Waals surface area contributed by atoms with Crippen LogP contribution in [0.25, 0.3) is 0 Å². The molecule has 1 unspecified atom stereocenters. The number of likely N-dealkylation sites (N-methyl/N-ethyl adjacent to an activating group) is 1. The van der Waals surface area contributed by atoms with Gasteiger partial charge in [0.05, 0.1) is 12.2 Å². The molecule has 144 valence electrons. The molecule has 0 aliphatic rings. The number of nitrogens with one attached hydrogen (secondary N) is 2. The van der Waals surface area contributed by atoms with Crippen molar-refractivity contribution in [1.29, 1.82) is 0 Å². The summed E-state index contributed by atoms with van der Waals surface area (Å²) in [4.78, 5) is 27.7. The summed E-state index contributed by atoms with van der Waals surface area (Å²) in [5.74, 6) is -2.78.